The maximum absolute atomic E-state index is 8.80. The smallest absolute Gasteiger partial charge is 0.0584 e. The van der Waals surface area contributed by atoms with Crippen molar-refractivity contribution in [2.24, 2.45) is 0 Å². The fraction of sp³-hybridized carbons (Fsp3) is 1.00. The van der Waals surface area contributed by atoms with Gasteiger partial charge in [-0.15, -0.1) is 0 Å². The lowest BCUT2D eigenvalue weighted by molar-refractivity contribution is 0.158. The molecule has 11 heavy (non-hydrogen) atoms. The molecule has 0 fully saturated rings. The van der Waals surface area contributed by atoms with Gasteiger partial charge in [-0.2, -0.15) is 12.6 Å². The zero-order chi connectivity index (χ0) is 8.69. The number of aliphatic hydroxyl groups is 1. The molecule has 0 radical (unpaired) electrons. The third kappa shape index (κ3) is 5.53. The number of hydrogen-bond acceptors (Lipinski definition) is 3. The van der Waals surface area contributed by atoms with Crippen LogP contribution in [-0.2, 0) is 0 Å². The van der Waals surface area contributed by atoms with E-state index >= 15 is 0 Å². The summed E-state index contributed by atoms with van der Waals surface area (Å²) in [5, 5.41) is 8.80. The van der Waals surface area contributed by atoms with Crippen LogP contribution >= 0.6 is 12.6 Å². The first kappa shape index (κ1) is 11.3. The number of unbranched alkanes of at least 4 members (excludes halogenated alkanes) is 1. The third-order valence-electron chi connectivity index (χ3n) is 1.94. The Labute approximate surface area is 75.0 Å². The predicted octanol–water partition coefficient (Wildman–Crippen LogP) is 1.01. The molecule has 0 saturated heterocycles. The number of aliphatic hydroxyl groups excluding tert-OH is 1. The molecule has 0 aromatic carbocycles. The van der Waals surface area contributed by atoms with Gasteiger partial charge in [0.15, 0.2) is 0 Å². The van der Waals surface area contributed by atoms with E-state index in [1.54, 1.807) is 0 Å². The van der Waals surface area contributed by atoms with Crippen LogP contribution in [0.4, 0.5) is 0 Å². The first-order valence-electron chi connectivity index (χ1n) is 4.14. The van der Waals surface area contributed by atoms with Gasteiger partial charge in [0.1, 0.15) is 0 Å². The van der Waals surface area contributed by atoms with Gasteiger partial charge in [-0.05, 0) is 39.1 Å². The molecule has 0 bridgehead atoms. The Morgan fingerprint density at radius 2 is 2.09 bits per heavy atom. The minimum absolute atomic E-state index is 0.247. The molecule has 0 aliphatic rings. The fourth-order valence-corrected chi connectivity index (χ4v) is 1.06. The van der Waals surface area contributed by atoms with Gasteiger partial charge < -0.3 is 10.0 Å². The molecule has 0 aliphatic carbocycles. The molecule has 1 N–H and O–H groups in total. The molecule has 0 amide bonds. The van der Waals surface area contributed by atoms with Crippen molar-refractivity contribution in [2.75, 3.05) is 26.0 Å². The molecule has 0 saturated carbocycles. The molecule has 0 rings (SSSR count). The fourth-order valence-electron chi connectivity index (χ4n) is 0.833. The summed E-state index contributed by atoms with van der Waals surface area (Å²) in [5.74, 6) is 0.960. The normalized spacial score (nSPS) is 13.9. The first-order valence-corrected chi connectivity index (χ1v) is 4.77. The number of thiol groups is 1. The highest BCUT2D eigenvalue weighted by molar-refractivity contribution is 7.80. The summed E-state index contributed by atoms with van der Waals surface area (Å²) in [4.78, 5) is 2.17. The topological polar surface area (TPSA) is 23.5 Å². The first-order chi connectivity index (χ1) is 5.22. The molecule has 1 atom stereocenters. The Morgan fingerprint density at radius 1 is 1.45 bits per heavy atom. The minimum Gasteiger partial charge on any atom is -0.395 e. The van der Waals surface area contributed by atoms with Gasteiger partial charge in [0.05, 0.1) is 6.61 Å². The maximum Gasteiger partial charge on any atom is 0.0584 e. The van der Waals surface area contributed by atoms with Crippen molar-refractivity contribution in [1.29, 1.82) is 0 Å². The van der Waals surface area contributed by atoms with Crippen molar-refractivity contribution in [3.05, 3.63) is 0 Å². The lowest BCUT2D eigenvalue weighted by Gasteiger charge is -2.22. The molecular weight excluding hydrogens is 158 g/mol. The van der Waals surface area contributed by atoms with Crippen LogP contribution < -0.4 is 0 Å². The average Bonchev–Trinajstić information content (AvgIpc) is 2.03. The second-order valence-corrected chi connectivity index (χ2v) is 3.39. The molecule has 0 heterocycles. The number of likely N-dealkylation sites (N-methyl/N-ethyl adjacent to an activating group) is 1. The van der Waals surface area contributed by atoms with Crippen molar-refractivity contribution in [2.45, 2.75) is 25.8 Å². The number of hydrogen-bond donors (Lipinski definition) is 2. The average molecular weight is 177 g/mol. The van der Waals surface area contributed by atoms with Crippen LogP contribution in [0, 0.1) is 0 Å². The van der Waals surface area contributed by atoms with Crippen LogP contribution in [-0.4, -0.2) is 42.0 Å². The molecule has 68 valence electrons. The van der Waals surface area contributed by atoms with Crippen LogP contribution in [0.5, 0.6) is 0 Å². The Balaban J connectivity index is 3.28. The molecule has 2 nitrogen and oxygen atoms in total. The van der Waals surface area contributed by atoms with E-state index in [4.69, 9.17) is 5.11 Å². The van der Waals surface area contributed by atoms with E-state index in [1.807, 2.05) is 14.0 Å². The van der Waals surface area contributed by atoms with Crippen molar-refractivity contribution >= 4 is 12.6 Å². The van der Waals surface area contributed by atoms with Gasteiger partial charge in [0, 0.05) is 6.04 Å². The van der Waals surface area contributed by atoms with Crippen molar-refractivity contribution < 1.29 is 5.11 Å². The lowest BCUT2D eigenvalue weighted by atomic mass is 10.2. The summed E-state index contributed by atoms with van der Waals surface area (Å²) >= 11 is 4.13. The van der Waals surface area contributed by atoms with Crippen molar-refractivity contribution in [3.63, 3.8) is 0 Å². The zero-order valence-corrected chi connectivity index (χ0v) is 8.35. The second-order valence-electron chi connectivity index (χ2n) is 2.94. The summed E-state index contributed by atoms with van der Waals surface area (Å²) in [6.07, 6.45) is 2.33. The van der Waals surface area contributed by atoms with Crippen LogP contribution in [0.15, 0.2) is 0 Å². The van der Waals surface area contributed by atoms with E-state index in [0.29, 0.717) is 0 Å². The van der Waals surface area contributed by atoms with Gasteiger partial charge in [-0.1, -0.05) is 0 Å². The third-order valence-corrected chi connectivity index (χ3v) is 2.25. The highest BCUT2D eigenvalue weighted by Crippen LogP contribution is 1.98. The van der Waals surface area contributed by atoms with Crippen LogP contribution in [0.3, 0.4) is 0 Å². The summed E-state index contributed by atoms with van der Waals surface area (Å²) in [6, 6.07) is 0.287. The van der Waals surface area contributed by atoms with Gasteiger partial charge in [0.25, 0.3) is 0 Å². The number of rotatable bonds is 6. The van der Waals surface area contributed by atoms with Crippen LogP contribution in [0.25, 0.3) is 0 Å². The maximum atomic E-state index is 8.80. The SMILES string of the molecule is CC(CO)N(C)CCCCS. The van der Waals surface area contributed by atoms with Crippen molar-refractivity contribution in [1.82, 2.24) is 4.90 Å². The summed E-state index contributed by atoms with van der Waals surface area (Å²) in [6.45, 7) is 3.33. The highest BCUT2D eigenvalue weighted by Gasteiger charge is 2.05. The van der Waals surface area contributed by atoms with E-state index in [-0.39, 0.29) is 12.6 Å². The lowest BCUT2D eigenvalue weighted by Crippen LogP contribution is -2.32. The van der Waals surface area contributed by atoms with Crippen LogP contribution in [0.2, 0.25) is 0 Å². The van der Waals surface area contributed by atoms with E-state index in [2.05, 4.69) is 17.5 Å². The minimum atomic E-state index is 0.247. The molecule has 0 aromatic rings. The summed E-state index contributed by atoms with van der Waals surface area (Å²) in [5.41, 5.74) is 0. The Morgan fingerprint density at radius 3 is 2.55 bits per heavy atom. The van der Waals surface area contributed by atoms with E-state index in [9.17, 15) is 0 Å². The quantitative estimate of drug-likeness (QED) is 0.467. The monoisotopic (exact) mass is 177 g/mol. The molecular formula is C8H19NOS. The summed E-state index contributed by atoms with van der Waals surface area (Å²) < 4.78 is 0. The number of nitrogens with zero attached hydrogens (tertiary/aromatic N) is 1. The second kappa shape index (κ2) is 6.95. The largest absolute Gasteiger partial charge is 0.395 e. The molecule has 3 heteroatoms. The highest BCUT2D eigenvalue weighted by atomic mass is 32.1. The van der Waals surface area contributed by atoms with Crippen molar-refractivity contribution in [3.8, 4) is 0 Å². The Kier molecular flexibility index (Phi) is 7.12. The van der Waals surface area contributed by atoms with E-state index in [1.165, 1.54) is 6.42 Å². The zero-order valence-electron chi connectivity index (χ0n) is 7.45. The predicted molar refractivity (Wildman–Crippen MR) is 52.3 cm³/mol. The van der Waals surface area contributed by atoms with Crippen LogP contribution in [0.1, 0.15) is 19.8 Å². The Bertz CT molecular complexity index is 90.2. The summed E-state index contributed by atoms with van der Waals surface area (Å²) in [7, 11) is 2.04. The molecule has 0 aliphatic heterocycles. The molecule has 1 unspecified atom stereocenters. The van der Waals surface area contributed by atoms with Gasteiger partial charge in [-0.25, -0.2) is 0 Å². The van der Waals surface area contributed by atoms with E-state index in [0.717, 1.165) is 18.7 Å². The molecule has 0 aromatic heterocycles. The Hall–Kier alpha value is 0.270. The standard InChI is InChI=1S/C8H19NOS/c1-8(7-10)9(2)5-3-4-6-11/h8,10-11H,3-7H2,1-2H3. The van der Waals surface area contributed by atoms with Gasteiger partial charge in [0.2, 0.25) is 0 Å². The van der Waals surface area contributed by atoms with Gasteiger partial charge >= 0.3 is 0 Å². The van der Waals surface area contributed by atoms with Gasteiger partial charge in [-0.3, -0.25) is 0 Å². The molecule has 0 spiro atoms. The van der Waals surface area contributed by atoms with E-state index < -0.39 is 0 Å².